The summed E-state index contributed by atoms with van der Waals surface area (Å²) in [6, 6.07) is 0. The molecule has 0 saturated heterocycles. The molecule has 0 saturated carbocycles. The number of amides is 1. The average Bonchev–Trinajstić information content (AvgIpc) is 2.96. The van der Waals surface area contributed by atoms with Crippen molar-refractivity contribution in [3.63, 3.8) is 0 Å². The van der Waals surface area contributed by atoms with Gasteiger partial charge in [-0.1, -0.05) is 6.92 Å². The third kappa shape index (κ3) is 2.90. The van der Waals surface area contributed by atoms with Crippen LogP contribution < -0.4 is 5.32 Å². The molecule has 0 radical (unpaired) electrons. The maximum absolute atomic E-state index is 11.7. The van der Waals surface area contributed by atoms with Gasteiger partial charge in [-0.25, -0.2) is 9.97 Å². The van der Waals surface area contributed by atoms with E-state index in [1.54, 1.807) is 18.1 Å². The number of aromatic nitrogens is 6. The van der Waals surface area contributed by atoms with Crippen LogP contribution >= 0.6 is 0 Å². The largest absolute Gasteiger partial charge is 0.342 e. The smallest absolute Gasteiger partial charge is 0.291 e. The van der Waals surface area contributed by atoms with Crippen LogP contribution in [0.25, 0.3) is 0 Å². The molecule has 0 atom stereocenters. The molecule has 2 heterocycles. The minimum Gasteiger partial charge on any atom is -0.342 e. The molecule has 0 aliphatic carbocycles. The first-order chi connectivity index (χ1) is 8.69. The fourth-order valence-corrected chi connectivity index (χ4v) is 1.45. The summed E-state index contributed by atoms with van der Waals surface area (Å²) in [4.78, 5) is 19.8. The minimum absolute atomic E-state index is 0.148. The van der Waals surface area contributed by atoms with E-state index in [0.29, 0.717) is 5.82 Å². The van der Waals surface area contributed by atoms with E-state index in [1.165, 1.54) is 0 Å². The van der Waals surface area contributed by atoms with Crippen LogP contribution in [-0.4, -0.2) is 35.9 Å². The molecule has 2 rings (SSSR count). The zero-order valence-electron chi connectivity index (χ0n) is 10.3. The Bertz CT molecular complexity index is 530. The molecule has 0 spiro atoms. The van der Waals surface area contributed by atoms with Gasteiger partial charge in [-0.05, 0) is 6.42 Å². The highest BCUT2D eigenvalue weighted by Gasteiger charge is 2.12. The van der Waals surface area contributed by atoms with Gasteiger partial charge in [0, 0.05) is 13.5 Å². The molecule has 96 valence electrons. The molecule has 1 amide bonds. The first kappa shape index (κ1) is 12.2. The van der Waals surface area contributed by atoms with Gasteiger partial charge in [0.05, 0.1) is 6.54 Å². The Kier molecular flexibility index (Phi) is 3.66. The molecule has 2 N–H and O–H groups in total. The van der Waals surface area contributed by atoms with Gasteiger partial charge in [0.2, 0.25) is 5.82 Å². The van der Waals surface area contributed by atoms with Gasteiger partial charge in [-0.2, -0.15) is 5.10 Å². The van der Waals surface area contributed by atoms with Gasteiger partial charge >= 0.3 is 0 Å². The highest BCUT2D eigenvalue weighted by Crippen LogP contribution is 1.97. The second-order valence-electron chi connectivity index (χ2n) is 3.87. The van der Waals surface area contributed by atoms with E-state index >= 15 is 0 Å². The number of H-pyrrole nitrogens is 1. The Morgan fingerprint density at radius 2 is 2.39 bits per heavy atom. The third-order valence-electron chi connectivity index (χ3n) is 2.28. The molecular formula is C10H15N7O. The quantitative estimate of drug-likeness (QED) is 0.765. The van der Waals surface area contributed by atoms with Crippen LogP contribution in [0.15, 0.2) is 6.33 Å². The highest BCUT2D eigenvalue weighted by atomic mass is 16.2. The number of carbonyl (C=O) groups excluding carboxylic acids is 1. The normalized spacial score (nSPS) is 10.6. The standard InChI is InChI=1S/C10H15N7O/c1-3-4-7-13-9(15-14-7)10(18)11-5-8-12-6-17(2)16-8/h6H,3-5H2,1-2H3,(H,11,18)(H,13,14,15). The van der Waals surface area contributed by atoms with E-state index in [-0.39, 0.29) is 18.3 Å². The number of nitrogens with one attached hydrogen (secondary N) is 2. The van der Waals surface area contributed by atoms with Crippen molar-refractivity contribution >= 4 is 5.91 Å². The summed E-state index contributed by atoms with van der Waals surface area (Å²) in [5.74, 6) is 1.09. The first-order valence-electron chi connectivity index (χ1n) is 5.73. The van der Waals surface area contributed by atoms with Crippen molar-refractivity contribution in [1.29, 1.82) is 0 Å². The monoisotopic (exact) mass is 249 g/mol. The van der Waals surface area contributed by atoms with Crippen LogP contribution in [0.3, 0.4) is 0 Å². The van der Waals surface area contributed by atoms with Crippen LogP contribution in [-0.2, 0) is 20.0 Å². The summed E-state index contributed by atoms with van der Waals surface area (Å²) in [7, 11) is 1.77. The zero-order valence-corrected chi connectivity index (χ0v) is 10.3. The van der Waals surface area contributed by atoms with E-state index in [2.05, 4.69) is 30.6 Å². The first-order valence-corrected chi connectivity index (χ1v) is 5.73. The van der Waals surface area contributed by atoms with Crippen molar-refractivity contribution in [2.75, 3.05) is 0 Å². The van der Waals surface area contributed by atoms with Gasteiger partial charge in [0.1, 0.15) is 12.2 Å². The second kappa shape index (κ2) is 5.39. The summed E-state index contributed by atoms with van der Waals surface area (Å²) in [5.41, 5.74) is 0. The molecule has 0 bridgehead atoms. The molecular weight excluding hydrogens is 234 g/mol. The van der Waals surface area contributed by atoms with Crippen LogP contribution in [0.5, 0.6) is 0 Å². The molecule has 8 heteroatoms. The van der Waals surface area contributed by atoms with Crippen molar-refractivity contribution in [3.8, 4) is 0 Å². The number of nitrogens with zero attached hydrogens (tertiary/aromatic N) is 5. The predicted molar refractivity (Wildman–Crippen MR) is 62.6 cm³/mol. The predicted octanol–water partition coefficient (Wildman–Crippen LogP) is -0.184. The lowest BCUT2D eigenvalue weighted by Gasteiger charge is -1.97. The Hall–Kier alpha value is -2.25. The van der Waals surface area contributed by atoms with Crippen molar-refractivity contribution in [2.45, 2.75) is 26.3 Å². The maximum atomic E-state index is 11.7. The zero-order chi connectivity index (χ0) is 13.0. The Labute approximate surface area is 104 Å². The van der Waals surface area contributed by atoms with Crippen LogP contribution in [0.1, 0.15) is 35.6 Å². The Balaban J connectivity index is 1.90. The van der Waals surface area contributed by atoms with E-state index in [9.17, 15) is 4.79 Å². The number of carbonyl (C=O) groups is 1. The Morgan fingerprint density at radius 1 is 1.56 bits per heavy atom. The van der Waals surface area contributed by atoms with Gasteiger partial charge in [-0.15, -0.1) is 5.10 Å². The molecule has 2 aromatic rings. The molecule has 2 aromatic heterocycles. The Morgan fingerprint density at radius 3 is 3.06 bits per heavy atom. The summed E-state index contributed by atoms with van der Waals surface area (Å²) in [5, 5.41) is 13.3. The van der Waals surface area contributed by atoms with Gasteiger partial charge < -0.3 is 5.32 Å². The second-order valence-corrected chi connectivity index (χ2v) is 3.87. The SMILES string of the molecule is CCCc1nc(C(=O)NCc2ncn(C)n2)n[nH]1. The fourth-order valence-electron chi connectivity index (χ4n) is 1.45. The number of rotatable bonds is 5. The van der Waals surface area contributed by atoms with Gasteiger partial charge in [0.25, 0.3) is 5.91 Å². The molecule has 0 aromatic carbocycles. The summed E-state index contributed by atoms with van der Waals surface area (Å²) >= 11 is 0. The third-order valence-corrected chi connectivity index (χ3v) is 2.28. The van der Waals surface area contributed by atoms with E-state index in [4.69, 9.17) is 0 Å². The van der Waals surface area contributed by atoms with Crippen molar-refractivity contribution < 1.29 is 4.79 Å². The molecule has 0 aliphatic rings. The molecule has 0 unspecified atom stereocenters. The van der Waals surface area contributed by atoms with Gasteiger partial charge in [-0.3, -0.25) is 14.6 Å². The topological polar surface area (TPSA) is 101 Å². The molecule has 0 fully saturated rings. The van der Waals surface area contributed by atoms with E-state index in [1.807, 2.05) is 6.92 Å². The maximum Gasteiger partial charge on any atom is 0.291 e. The lowest BCUT2D eigenvalue weighted by Crippen LogP contribution is -2.24. The van der Waals surface area contributed by atoms with Crippen molar-refractivity contribution in [2.24, 2.45) is 7.05 Å². The number of hydrogen-bond acceptors (Lipinski definition) is 5. The van der Waals surface area contributed by atoms with E-state index < -0.39 is 0 Å². The lowest BCUT2D eigenvalue weighted by atomic mass is 10.3. The summed E-state index contributed by atoms with van der Waals surface area (Å²) in [6.07, 6.45) is 3.31. The number of aromatic amines is 1. The average molecular weight is 249 g/mol. The lowest BCUT2D eigenvalue weighted by molar-refractivity contribution is 0.0940. The molecule has 18 heavy (non-hydrogen) atoms. The number of hydrogen-bond donors (Lipinski definition) is 2. The van der Waals surface area contributed by atoms with Crippen LogP contribution in [0, 0.1) is 0 Å². The van der Waals surface area contributed by atoms with Crippen molar-refractivity contribution in [1.82, 2.24) is 35.3 Å². The fraction of sp³-hybridized carbons (Fsp3) is 0.500. The van der Waals surface area contributed by atoms with Crippen LogP contribution in [0.4, 0.5) is 0 Å². The van der Waals surface area contributed by atoms with E-state index in [0.717, 1.165) is 18.7 Å². The minimum atomic E-state index is -0.332. The summed E-state index contributed by atoms with van der Waals surface area (Å²) in [6.45, 7) is 2.30. The molecule has 0 aliphatic heterocycles. The number of aryl methyl sites for hydroxylation is 2. The van der Waals surface area contributed by atoms with Crippen LogP contribution in [0.2, 0.25) is 0 Å². The molecule has 8 nitrogen and oxygen atoms in total. The highest BCUT2D eigenvalue weighted by molar-refractivity contribution is 5.90. The summed E-state index contributed by atoms with van der Waals surface area (Å²) < 4.78 is 1.58. The van der Waals surface area contributed by atoms with Gasteiger partial charge in [0.15, 0.2) is 5.82 Å². The van der Waals surface area contributed by atoms with Crippen molar-refractivity contribution in [3.05, 3.63) is 23.8 Å².